The van der Waals surface area contributed by atoms with Crippen LogP contribution in [0.25, 0.3) is 0 Å². The van der Waals surface area contributed by atoms with Crippen LogP contribution >= 0.6 is 11.6 Å². The lowest BCUT2D eigenvalue weighted by molar-refractivity contribution is 0.290. The molecule has 1 aliphatic rings. The third-order valence-electron chi connectivity index (χ3n) is 3.92. The van der Waals surface area contributed by atoms with Gasteiger partial charge in [-0.05, 0) is 31.4 Å². The lowest BCUT2D eigenvalue weighted by Gasteiger charge is -2.37. The molecule has 1 N–H and O–H groups in total. The molecule has 0 spiro atoms. The predicted molar refractivity (Wildman–Crippen MR) is 71.1 cm³/mol. The van der Waals surface area contributed by atoms with Crippen LogP contribution in [0.2, 0.25) is 5.02 Å². The molecule has 0 saturated heterocycles. The Bertz CT molecular complexity index is 462. The van der Waals surface area contributed by atoms with E-state index in [9.17, 15) is 5.26 Å². The predicted octanol–water partition coefficient (Wildman–Crippen LogP) is 4.22. The third-order valence-corrected chi connectivity index (χ3v) is 4.25. The van der Waals surface area contributed by atoms with E-state index in [4.69, 9.17) is 11.6 Å². The summed E-state index contributed by atoms with van der Waals surface area (Å²) < 4.78 is 0. The van der Waals surface area contributed by atoms with Crippen LogP contribution in [0, 0.1) is 16.7 Å². The van der Waals surface area contributed by atoms with E-state index < -0.39 is 5.54 Å². The van der Waals surface area contributed by atoms with E-state index in [1.165, 1.54) is 0 Å². The summed E-state index contributed by atoms with van der Waals surface area (Å²) in [6.45, 7) is 4.29. The molecule has 1 aromatic carbocycles. The van der Waals surface area contributed by atoms with Crippen molar-refractivity contribution in [2.24, 2.45) is 5.41 Å². The van der Waals surface area contributed by atoms with E-state index in [1.807, 2.05) is 24.3 Å². The van der Waals surface area contributed by atoms with Crippen molar-refractivity contribution >= 4 is 17.3 Å². The summed E-state index contributed by atoms with van der Waals surface area (Å²) in [7, 11) is 0. The van der Waals surface area contributed by atoms with Crippen molar-refractivity contribution in [3.63, 3.8) is 0 Å². The topological polar surface area (TPSA) is 35.8 Å². The van der Waals surface area contributed by atoms with Crippen molar-refractivity contribution in [1.82, 2.24) is 0 Å². The first-order valence-corrected chi connectivity index (χ1v) is 6.33. The lowest BCUT2D eigenvalue weighted by Crippen LogP contribution is -2.46. The number of hydrogen-bond donors (Lipinski definition) is 1. The zero-order chi connectivity index (χ0) is 12.5. The molecule has 2 nitrogen and oxygen atoms in total. The minimum atomic E-state index is -0.502. The molecule has 0 heterocycles. The average Bonchev–Trinajstić information content (AvgIpc) is 2.58. The number of rotatable bonds is 2. The Morgan fingerprint density at radius 3 is 2.53 bits per heavy atom. The number of nitriles is 1. The Morgan fingerprint density at radius 2 is 2.00 bits per heavy atom. The van der Waals surface area contributed by atoms with Crippen molar-refractivity contribution < 1.29 is 0 Å². The fourth-order valence-corrected chi connectivity index (χ4v) is 2.79. The first-order valence-electron chi connectivity index (χ1n) is 5.95. The lowest BCUT2D eigenvalue weighted by atomic mass is 9.75. The van der Waals surface area contributed by atoms with Crippen molar-refractivity contribution in [3.05, 3.63) is 29.3 Å². The highest BCUT2D eigenvalue weighted by atomic mass is 35.5. The van der Waals surface area contributed by atoms with E-state index in [1.54, 1.807) is 0 Å². The van der Waals surface area contributed by atoms with Crippen molar-refractivity contribution in [2.45, 2.75) is 38.6 Å². The van der Waals surface area contributed by atoms with Crippen molar-refractivity contribution in [1.29, 1.82) is 5.26 Å². The Morgan fingerprint density at radius 1 is 1.29 bits per heavy atom. The fraction of sp³-hybridized carbons (Fsp3) is 0.500. The number of para-hydroxylation sites is 1. The smallest absolute Gasteiger partial charge is 0.130 e. The van der Waals surface area contributed by atoms with Crippen LogP contribution in [0.1, 0.15) is 33.1 Å². The summed E-state index contributed by atoms with van der Waals surface area (Å²) in [5.41, 5.74) is 0.324. The number of benzene rings is 1. The van der Waals surface area contributed by atoms with Gasteiger partial charge in [-0.1, -0.05) is 37.6 Å². The highest BCUT2D eigenvalue weighted by molar-refractivity contribution is 6.33. The summed E-state index contributed by atoms with van der Waals surface area (Å²) in [6, 6.07) is 10.1. The van der Waals surface area contributed by atoms with Gasteiger partial charge in [-0.15, -0.1) is 0 Å². The summed E-state index contributed by atoms with van der Waals surface area (Å²) in [4.78, 5) is 0. The van der Waals surface area contributed by atoms with Crippen molar-refractivity contribution in [2.75, 3.05) is 5.32 Å². The van der Waals surface area contributed by atoms with Crippen LogP contribution in [-0.2, 0) is 0 Å². The Balaban J connectivity index is 2.34. The summed E-state index contributed by atoms with van der Waals surface area (Å²) in [6.07, 6.45) is 3.03. The molecular formula is C14H17ClN2. The zero-order valence-corrected chi connectivity index (χ0v) is 11.0. The van der Waals surface area contributed by atoms with Crippen LogP contribution in [0.5, 0.6) is 0 Å². The van der Waals surface area contributed by atoms with E-state index in [0.29, 0.717) is 5.02 Å². The molecule has 1 aliphatic carbocycles. The Hall–Kier alpha value is -1.20. The number of nitrogens with zero attached hydrogens (tertiary/aromatic N) is 1. The third kappa shape index (κ3) is 2.00. The normalized spacial score (nSPS) is 26.5. The fourth-order valence-electron chi connectivity index (χ4n) is 2.61. The quantitative estimate of drug-likeness (QED) is 0.850. The second-order valence-corrected chi connectivity index (χ2v) is 5.77. The molecule has 17 heavy (non-hydrogen) atoms. The van der Waals surface area contributed by atoms with Gasteiger partial charge in [0, 0.05) is 5.41 Å². The van der Waals surface area contributed by atoms with Gasteiger partial charge in [0.2, 0.25) is 0 Å². The van der Waals surface area contributed by atoms with Gasteiger partial charge in [-0.2, -0.15) is 5.26 Å². The summed E-state index contributed by atoms with van der Waals surface area (Å²) in [5.74, 6) is 0. The Labute approximate surface area is 108 Å². The van der Waals surface area contributed by atoms with Crippen molar-refractivity contribution in [3.8, 4) is 6.07 Å². The van der Waals surface area contributed by atoms with E-state index in [2.05, 4.69) is 25.2 Å². The van der Waals surface area contributed by atoms with Gasteiger partial charge in [0.25, 0.3) is 0 Å². The minimum Gasteiger partial charge on any atom is -0.366 e. The molecule has 0 aromatic heterocycles. The SMILES string of the molecule is CC1(C)CCCC1(C#N)Nc1ccccc1Cl. The summed E-state index contributed by atoms with van der Waals surface area (Å²) in [5, 5.41) is 13.6. The van der Waals surface area contributed by atoms with Crippen LogP contribution in [-0.4, -0.2) is 5.54 Å². The highest BCUT2D eigenvalue weighted by Crippen LogP contribution is 2.47. The molecule has 0 aliphatic heterocycles. The van der Waals surface area contributed by atoms with Crippen LogP contribution in [0.4, 0.5) is 5.69 Å². The van der Waals surface area contributed by atoms with Crippen LogP contribution in [0.3, 0.4) is 0 Å². The highest BCUT2D eigenvalue weighted by Gasteiger charge is 2.49. The maximum absolute atomic E-state index is 9.55. The average molecular weight is 249 g/mol. The minimum absolute atomic E-state index is 0.0269. The molecule has 1 atom stereocenters. The molecule has 3 heteroatoms. The molecular weight excluding hydrogens is 232 g/mol. The molecule has 1 fully saturated rings. The summed E-state index contributed by atoms with van der Waals surface area (Å²) >= 11 is 6.14. The van der Waals surface area contributed by atoms with E-state index >= 15 is 0 Å². The molecule has 0 amide bonds. The molecule has 1 aromatic rings. The van der Waals surface area contributed by atoms with Gasteiger partial charge in [-0.3, -0.25) is 0 Å². The molecule has 0 radical (unpaired) electrons. The van der Waals surface area contributed by atoms with E-state index in [-0.39, 0.29) is 5.41 Å². The van der Waals surface area contributed by atoms with Gasteiger partial charge < -0.3 is 5.32 Å². The molecule has 90 valence electrons. The van der Waals surface area contributed by atoms with Gasteiger partial charge in [0.15, 0.2) is 0 Å². The van der Waals surface area contributed by atoms with Gasteiger partial charge >= 0.3 is 0 Å². The second-order valence-electron chi connectivity index (χ2n) is 5.36. The van der Waals surface area contributed by atoms with Gasteiger partial charge in [-0.25, -0.2) is 0 Å². The standard InChI is InChI=1S/C14H17ClN2/c1-13(2)8-5-9-14(13,10-16)17-12-7-4-3-6-11(12)15/h3-4,6-7,17H,5,8-9H2,1-2H3. The second kappa shape index (κ2) is 4.23. The monoisotopic (exact) mass is 248 g/mol. The molecule has 1 unspecified atom stereocenters. The first kappa shape index (κ1) is 12.3. The maximum atomic E-state index is 9.55. The number of halogens is 1. The molecule has 0 bridgehead atoms. The Kier molecular flexibility index (Phi) is 3.05. The van der Waals surface area contributed by atoms with Crippen LogP contribution in [0.15, 0.2) is 24.3 Å². The van der Waals surface area contributed by atoms with Crippen LogP contribution < -0.4 is 5.32 Å². The molecule has 2 rings (SSSR count). The maximum Gasteiger partial charge on any atom is 0.130 e. The zero-order valence-electron chi connectivity index (χ0n) is 10.3. The van der Waals surface area contributed by atoms with Gasteiger partial charge in [0.05, 0.1) is 16.8 Å². The van der Waals surface area contributed by atoms with Gasteiger partial charge in [0.1, 0.15) is 5.54 Å². The molecule has 1 saturated carbocycles. The largest absolute Gasteiger partial charge is 0.366 e. The number of anilines is 1. The van der Waals surface area contributed by atoms with E-state index in [0.717, 1.165) is 24.9 Å². The number of nitrogens with one attached hydrogen (secondary N) is 1. The first-order chi connectivity index (χ1) is 8.01. The number of hydrogen-bond acceptors (Lipinski definition) is 2.